The van der Waals surface area contributed by atoms with Gasteiger partial charge in [-0.05, 0) is 40.2 Å². The molecule has 0 saturated heterocycles. The van der Waals surface area contributed by atoms with Crippen molar-refractivity contribution in [1.29, 1.82) is 0 Å². The number of guanidine groups is 1. The lowest BCUT2D eigenvalue weighted by Crippen LogP contribution is -2.52. The summed E-state index contributed by atoms with van der Waals surface area (Å²) >= 11 is 0. The SMILES string of the molecule is CN=C(NCc1nc(C)c(C)o1)NCC(C)(C)NC(C)c1ccccc1.I. The summed E-state index contributed by atoms with van der Waals surface area (Å²) < 4.78 is 5.59. The van der Waals surface area contributed by atoms with Gasteiger partial charge in [-0.3, -0.25) is 4.99 Å². The molecule has 1 atom stereocenters. The molecule has 0 radical (unpaired) electrons. The number of halogens is 1. The molecule has 6 nitrogen and oxygen atoms in total. The van der Waals surface area contributed by atoms with Gasteiger partial charge in [-0.25, -0.2) is 4.98 Å². The van der Waals surface area contributed by atoms with Crippen molar-refractivity contribution in [3.05, 3.63) is 53.2 Å². The van der Waals surface area contributed by atoms with Crippen LogP contribution in [0.15, 0.2) is 39.7 Å². The number of aromatic nitrogens is 1. The summed E-state index contributed by atoms with van der Waals surface area (Å²) in [4.78, 5) is 8.64. The van der Waals surface area contributed by atoms with Crippen LogP contribution in [0.1, 0.15) is 49.7 Å². The summed E-state index contributed by atoms with van der Waals surface area (Å²) in [5, 5.41) is 10.3. The van der Waals surface area contributed by atoms with Crippen molar-refractivity contribution in [2.24, 2.45) is 4.99 Å². The summed E-state index contributed by atoms with van der Waals surface area (Å²) in [5.74, 6) is 2.24. The first kappa shape index (κ1) is 23.4. The minimum absolute atomic E-state index is 0. The Bertz CT molecular complexity index is 708. The quantitative estimate of drug-likeness (QED) is 0.317. The molecule has 1 aromatic carbocycles. The lowest BCUT2D eigenvalue weighted by atomic mass is 10.0. The summed E-state index contributed by atoms with van der Waals surface area (Å²) in [6.07, 6.45) is 0. The van der Waals surface area contributed by atoms with E-state index in [4.69, 9.17) is 4.42 Å². The fourth-order valence-corrected chi connectivity index (χ4v) is 2.76. The Morgan fingerprint density at radius 1 is 1.19 bits per heavy atom. The van der Waals surface area contributed by atoms with Crippen molar-refractivity contribution in [2.75, 3.05) is 13.6 Å². The minimum Gasteiger partial charge on any atom is -0.444 e. The van der Waals surface area contributed by atoms with Gasteiger partial charge >= 0.3 is 0 Å². The first-order chi connectivity index (χ1) is 12.3. The highest BCUT2D eigenvalue weighted by molar-refractivity contribution is 14.0. The topological polar surface area (TPSA) is 74.5 Å². The van der Waals surface area contributed by atoms with Gasteiger partial charge < -0.3 is 20.4 Å². The van der Waals surface area contributed by atoms with Crippen molar-refractivity contribution in [2.45, 2.75) is 52.7 Å². The van der Waals surface area contributed by atoms with Crippen LogP contribution in [0.5, 0.6) is 0 Å². The molecule has 1 aromatic heterocycles. The molecule has 7 heteroatoms. The summed E-state index contributed by atoms with van der Waals surface area (Å²) in [5.41, 5.74) is 2.09. The summed E-state index contributed by atoms with van der Waals surface area (Å²) in [7, 11) is 1.76. The second kappa shape index (κ2) is 10.7. The van der Waals surface area contributed by atoms with Gasteiger partial charge in [-0.1, -0.05) is 30.3 Å². The van der Waals surface area contributed by atoms with E-state index in [0.29, 0.717) is 12.4 Å². The van der Waals surface area contributed by atoms with E-state index in [9.17, 15) is 0 Å². The maximum atomic E-state index is 5.59. The molecule has 150 valence electrons. The number of oxazole rings is 1. The largest absolute Gasteiger partial charge is 0.444 e. The molecule has 2 aromatic rings. The zero-order valence-corrected chi connectivity index (χ0v) is 19.4. The number of hydrogen-bond donors (Lipinski definition) is 3. The van der Waals surface area contributed by atoms with Gasteiger partial charge in [0, 0.05) is 25.2 Å². The fraction of sp³-hybridized carbons (Fsp3) is 0.500. The average Bonchev–Trinajstić information content (AvgIpc) is 2.93. The van der Waals surface area contributed by atoms with E-state index in [0.717, 1.165) is 24.0 Å². The van der Waals surface area contributed by atoms with Crippen molar-refractivity contribution in [3.8, 4) is 0 Å². The fourth-order valence-electron chi connectivity index (χ4n) is 2.76. The number of aryl methyl sites for hydroxylation is 2. The van der Waals surface area contributed by atoms with E-state index in [2.05, 4.69) is 71.0 Å². The van der Waals surface area contributed by atoms with Crippen LogP contribution in [0.4, 0.5) is 0 Å². The second-order valence-corrected chi connectivity index (χ2v) is 7.19. The maximum absolute atomic E-state index is 5.59. The Morgan fingerprint density at radius 3 is 2.41 bits per heavy atom. The smallest absolute Gasteiger partial charge is 0.214 e. The molecule has 0 spiro atoms. The predicted molar refractivity (Wildman–Crippen MR) is 122 cm³/mol. The molecule has 1 heterocycles. The molecule has 0 amide bonds. The highest BCUT2D eigenvalue weighted by Gasteiger charge is 2.21. The number of nitrogens with one attached hydrogen (secondary N) is 3. The van der Waals surface area contributed by atoms with Crippen LogP contribution in [0.3, 0.4) is 0 Å². The van der Waals surface area contributed by atoms with Crippen LogP contribution < -0.4 is 16.0 Å². The molecule has 2 rings (SSSR count). The molecule has 0 aliphatic carbocycles. The van der Waals surface area contributed by atoms with Crippen LogP contribution in [-0.2, 0) is 6.54 Å². The highest BCUT2D eigenvalue weighted by Crippen LogP contribution is 2.15. The monoisotopic (exact) mass is 485 g/mol. The number of nitrogens with zero attached hydrogens (tertiary/aromatic N) is 2. The van der Waals surface area contributed by atoms with Gasteiger partial charge in [0.05, 0.1) is 12.2 Å². The van der Waals surface area contributed by atoms with Crippen molar-refractivity contribution < 1.29 is 4.42 Å². The van der Waals surface area contributed by atoms with Crippen LogP contribution >= 0.6 is 24.0 Å². The molecule has 3 N–H and O–H groups in total. The van der Waals surface area contributed by atoms with E-state index >= 15 is 0 Å². The van der Waals surface area contributed by atoms with Crippen LogP contribution in [0.2, 0.25) is 0 Å². The molecule has 0 saturated carbocycles. The Labute approximate surface area is 179 Å². The zero-order valence-electron chi connectivity index (χ0n) is 17.1. The number of hydrogen-bond acceptors (Lipinski definition) is 4. The lowest BCUT2D eigenvalue weighted by Gasteiger charge is -2.31. The molecule has 27 heavy (non-hydrogen) atoms. The van der Waals surface area contributed by atoms with Gasteiger partial charge in [0.1, 0.15) is 5.76 Å². The van der Waals surface area contributed by atoms with Gasteiger partial charge in [0.2, 0.25) is 5.89 Å². The zero-order chi connectivity index (χ0) is 19.2. The standard InChI is InChI=1S/C20H31N5O.HI/c1-14-16(3)26-18(24-14)12-22-19(21-6)23-13-20(4,5)25-15(2)17-10-8-7-9-11-17;/h7-11,15,25H,12-13H2,1-6H3,(H2,21,22,23);1H. The Kier molecular flexibility index (Phi) is 9.25. The molecular formula is C20H32IN5O. The maximum Gasteiger partial charge on any atom is 0.214 e. The normalized spacial score (nSPS) is 13.0. The van der Waals surface area contributed by atoms with Crippen LogP contribution in [-0.4, -0.2) is 30.1 Å². The van der Waals surface area contributed by atoms with E-state index in [1.165, 1.54) is 5.56 Å². The second-order valence-electron chi connectivity index (χ2n) is 7.19. The van der Waals surface area contributed by atoms with Crippen LogP contribution in [0.25, 0.3) is 0 Å². The Morgan fingerprint density at radius 2 is 1.85 bits per heavy atom. The van der Waals surface area contributed by atoms with Crippen LogP contribution in [0, 0.1) is 13.8 Å². The molecule has 0 aliphatic rings. The van der Waals surface area contributed by atoms with E-state index < -0.39 is 0 Å². The molecular weight excluding hydrogens is 453 g/mol. The third-order valence-electron chi connectivity index (χ3n) is 4.31. The number of rotatable bonds is 7. The van der Waals surface area contributed by atoms with E-state index in [1.807, 2.05) is 19.9 Å². The van der Waals surface area contributed by atoms with Crippen molar-refractivity contribution in [3.63, 3.8) is 0 Å². The first-order valence-electron chi connectivity index (χ1n) is 9.01. The highest BCUT2D eigenvalue weighted by atomic mass is 127. The molecule has 0 bridgehead atoms. The average molecular weight is 485 g/mol. The number of aliphatic imine (C=N–C) groups is 1. The van der Waals surface area contributed by atoms with Crippen molar-refractivity contribution >= 4 is 29.9 Å². The minimum atomic E-state index is -0.108. The summed E-state index contributed by atoms with van der Waals surface area (Å²) in [6.45, 7) is 11.6. The molecule has 1 unspecified atom stereocenters. The van der Waals surface area contributed by atoms with Crippen molar-refractivity contribution in [1.82, 2.24) is 20.9 Å². The lowest BCUT2D eigenvalue weighted by molar-refractivity contribution is 0.344. The molecule has 0 fully saturated rings. The van der Waals surface area contributed by atoms with Gasteiger partial charge in [0.25, 0.3) is 0 Å². The Balaban J connectivity index is 0.00000364. The van der Waals surface area contributed by atoms with E-state index in [-0.39, 0.29) is 35.6 Å². The third-order valence-corrected chi connectivity index (χ3v) is 4.31. The molecule has 0 aliphatic heterocycles. The van der Waals surface area contributed by atoms with Gasteiger partial charge in [-0.15, -0.1) is 24.0 Å². The summed E-state index contributed by atoms with van der Waals surface area (Å²) in [6, 6.07) is 10.7. The number of benzene rings is 1. The predicted octanol–water partition coefficient (Wildman–Crippen LogP) is 3.70. The Hall–Kier alpha value is -1.61. The van der Waals surface area contributed by atoms with Gasteiger partial charge in [-0.2, -0.15) is 0 Å². The third kappa shape index (κ3) is 7.50. The van der Waals surface area contributed by atoms with E-state index in [1.54, 1.807) is 7.05 Å². The first-order valence-corrected chi connectivity index (χ1v) is 9.01. The van der Waals surface area contributed by atoms with Gasteiger partial charge in [0.15, 0.2) is 5.96 Å².